The summed E-state index contributed by atoms with van der Waals surface area (Å²) in [6.45, 7) is 0.880. The maximum absolute atomic E-state index is 13.1. The zero-order chi connectivity index (χ0) is 21.9. The number of anilines is 1. The molecule has 2 N–H and O–H groups in total. The highest BCUT2D eigenvalue weighted by Gasteiger charge is 2.48. The van der Waals surface area contributed by atoms with Gasteiger partial charge in [0.1, 0.15) is 12.1 Å². The Balaban J connectivity index is 1.66. The SMILES string of the molecule is C[C@]1(CCc2ccccc2)NC(=O)N(CC(=O)Nc2ccccc2C(F)(F)F)C1=O. The number of halogens is 3. The van der Waals surface area contributed by atoms with Crippen molar-refractivity contribution in [3.8, 4) is 0 Å². The van der Waals surface area contributed by atoms with Crippen molar-refractivity contribution >= 4 is 23.5 Å². The normalized spacial score (nSPS) is 19.0. The van der Waals surface area contributed by atoms with Crippen LogP contribution < -0.4 is 10.6 Å². The summed E-state index contributed by atoms with van der Waals surface area (Å²) in [7, 11) is 0. The van der Waals surface area contributed by atoms with Gasteiger partial charge in [0, 0.05) is 0 Å². The smallest absolute Gasteiger partial charge is 0.324 e. The highest BCUT2D eigenvalue weighted by atomic mass is 19.4. The largest absolute Gasteiger partial charge is 0.418 e. The molecule has 1 aliphatic heterocycles. The van der Waals surface area contributed by atoms with E-state index in [0.717, 1.165) is 22.6 Å². The molecule has 0 aliphatic carbocycles. The molecule has 2 aromatic rings. The number of urea groups is 1. The van der Waals surface area contributed by atoms with Gasteiger partial charge in [-0.3, -0.25) is 14.5 Å². The number of para-hydroxylation sites is 1. The lowest BCUT2D eigenvalue weighted by Crippen LogP contribution is -2.45. The number of nitrogens with one attached hydrogen (secondary N) is 2. The molecule has 1 saturated heterocycles. The zero-order valence-corrected chi connectivity index (χ0v) is 16.1. The van der Waals surface area contributed by atoms with Crippen molar-refractivity contribution in [2.75, 3.05) is 11.9 Å². The Morgan fingerprint density at radius 2 is 1.70 bits per heavy atom. The molecular weight excluding hydrogens is 399 g/mol. The lowest BCUT2D eigenvalue weighted by molar-refractivity contribution is -0.137. The van der Waals surface area contributed by atoms with Crippen molar-refractivity contribution in [2.24, 2.45) is 0 Å². The number of alkyl halides is 3. The summed E-state index contributed by atoms with van der Waals surface area (Å²) < 4.78 is 39.2. The molecule has 1 aliphatic rings. The summed E-state index contributed by atoms with van der Waals surface area (Å²) >= 11 is 0. The third-order valence-electron chi connectivity index (χ3n) is 4.91. The molecule has 9 heteroatoms. The van der Waals surface area contributed by atoms with E-state index in [9.17, 15) is 27.6 Å². The molecule has 0 saturated carbocycles. The van der Waals surface area contributed by atoms with E-state index >= 15 is 0 Å². The number of nitrogens with zero attached hydrogens (tertiary/aromatic N) is 1. The second-order valence-electron chi connectivity index (χ2n) is 7.23. The monoisotopic (exact) mass is 419 g/mol. The number of benzene rings is 2. The van der Waals surface area contributed by atoms with Gasteiger partial charge in [-0.25, -0.2) is 4.79 Å². The van der Waals surface area contributed by atoms with Gasteiger partial charge in [-0.15, -0.1) is 0 Å². The lowest BCUT2D eigenvalue weighted by atomic mass is 9.93. The molecule has 0 unspecified atom stereocenters. The molecule has 0 aromatic heterocycles. The van der Waals surface area contributed by atoms with E-state index in [1.54, 1.807) is 6.92 Å². The molecule has 0 radical (unpaired) electrons. The third-order valence-corrected chi connectivity index (χ3v) is 4.91. The maximum atomic E-state index is 13.1. The molecule has 1 atom stereocenters. The standard InChI is InChI=1S/C21H20F3N3O3/c1-20(12-11-14-7-3-2-4-8-14)18(29)27(19(30)26-20)13-17(28)25-16-10-6-5-9-15(16)21(22,23)24/h2-10H,11-13H2,1H3,(H,25,28)(H,26,30)/t20-/m1/s1. The van der Waals surface area contributed by atoms with E-state index in [1.807, 2.05) is 30.3 Å². The summed E-state index contributed by atoms with van der Waals surface area (Å²) in [6, 6.07) is 13.1. The maximum Gasteiger partial charge on any atom is 0.418 e. The van der Waals surface area contributed by atoms with Gasteiger partial charge in [0.2, 0.25) is 5.91 Å². The average molecular weight is 419 g/mol. The summed E-state index contributed by atoms with van der Waals surface area (Å²) in [6.07, 6.45) is -3.81. The first-order valence-electron chi connectivity index (χ1n) is 9.24. The van der Waals surface area contributed by atoms with E-state index < -0.39 is 47.4 Å². The number of imide groups is 1. The Labute approximate surface area is 171 Å². The molecule has 1 fully saturated rings. The summed E-state index contributed by atoms with van der Waals surface area (Å²) in [5, 5.41) is 4.72. The Morgan fingerprint density at radius 1 is 1.07 bits per heavy atom. The fourth-order valence-electron chi connectivity index (χ4n) is 3.27. The Morgan fingerprint density at radius 3 is 2.37 bits per heavy atom. The van der Waals surface area contributed by atoms with E-state index in [2.05, 4.69) is 10.6 Å². The minimum atomic E-state index is -4.65. The van der Waals surface area contributed by atoms with Crippen LogP contribution in [0.3, 0.4) is 0 Å². The second kappa shape index (κ2) is 8.17. The van der Waals surface area contributed by atoms with Crippen LogP contribution in [0.25, 0.3) is 0 Å². The van der Waals surface area contributed by atoms with Crippen molar-refractivity contribution in [3.05, 3.63) is 65.7 Å². The van der Waals surface area contributed by atoms with Gasteiger partial charge in [0.25, 0.3) is 5.91 Å². The fraction of sp³-hybridized carbons (Fsp3) is 0.286. The Bertz CT molecular complexity index is 963. The van der Waals surface area contributed by atoms with Crippen molar-refractivity contribution in [3.63, 3.8) is 0 Å². The van der Waals surface area contributed by atoms with Crippen molar-refractivity contribution in [2.45, 2.75) is 31.5 Å². The average Bonchev–Trinajstić information content (AvgIpc) is 2.90. The summed E-state index contributed by atoms with van der Waals surface area (Å²) in [5.41, 5.74) is -1.66. The Hall–Kier alpha value is -3.36. The molecule has 4 amide bonds. The summed E-state index contributed by atoms with van der Waals surface area (Å²) in [5.74, 6) is -1.50. The van der Waals surface area contributed by atoms with Crippen LogP contribution in [0.2, 0.25) is 0 Å². The molecule has 158 valence electrons. The van der Waals surface area contributed by atoms with Gasteiger partial charge in [-0.2, -0.15) is 13.2 Å². The third kappa shape index (κ3) is 4.61. The minimum absolute atomic E-state index is 0.316. The van der Waals surface area contributed by atoms with Crippen LogP contribution in [0.4, 0.5) is 23.7 Å². The number of carbonyl (C=O) groups is 3. The highest BCUT2D eigenvalue weighted by molar-refractivity contribution is 6.10. The minimum Gasteiger partial charge on any atom is -0.324 e. The van der Waals surface area contributed by atoms with Crippen LogP contribution in [-0.4, -0.2) is 34.8 Å². The topological polar surface area (TPSA) is 78.5 Å². The van der Waals surface area contributed by atoms with Gasteiger partial charge in [-0.1, -0.05) is 42.5 Å². The van der Waals surface area contributed by atoms with Gasteiger partial charge in [0.15, 0.2) is 0 Å². The van der Waals surface area contributed by atoms with Crippen LogP contribution in [0.1, 0.15) is 24.5 Å². The number of hydrogen-bond acceptors (Lipinski definition) is 3. The molecule has 6 nitrogen and oxygen atoms in total. The number of rotatable bonds is 6. The predicted molar refractivity (Wildman–Crippen MR) is 103 cm³/mol. The quantitative estimate of drug-likeness (QED) is 0.703. The van der Waals surface area contributed by atoms with Gasteiger partial charge in [0.05, 0.1) is 11.3 Å². The molecule has 30 heavy (non-hydrogen) atoms. The van der Waals surface area contributed by atoms with Crippen LogP contribution >= 0.6 is 0 Å². The number of hydrogen-bond donors (Lipinski definition) is 2. The Kier molecular flexibility index (Phi) is 5.82. The second-order valence-corrected chi connectivity index (χ2v) is 7.23. The molecule has 3 rings (SSSR count). The highest BCUT2D eigenvalue weighted by Crippen LogP contribution is 2.34. The molecular formula is C21H20F3N3O3. The lowest BCUT2D eigenvalue weighted by Gasteiger charge is -2.21. The van der Waals surface area contributed by atoms with Crippen LogP contribution in [0.15, 0.2) is 54.6 Å². The van der Waals surface area contributed by atoms with E-state index in [0.29, 0.717) is 12.8 Å². The van der Waals surface area contributed by atoms with E-state index in [1.165, 1.54) is 12.1 Å². The predicted octanol–water partition coefficient (Wildman–Crippen LogP) is 3.59. The first-order chi connectivity index (χ1) is 14.1. The van der Waals surface area contributed by atoms with Crippen LogP contribution in [-0.2, 0) is 22.2 Å². The first-order valence-corrected chi connectivity index (χ1v) is 9.24. The molecule has 2 aromatic carbocycles. The van der Waals surface area contributed by atoms with Gasteiger partial charge < -0.3 is 10.6 Å². The van der Waals surface area contributed by atoms with Crippen molar-refractivity contribution in [1.82, 2.24) is 10.2 Å². The van der Waals surface area contributed by atoms with Crippen LogP contribution in [0.5, 0.6) is 0 Å². The fourth-order valence-corrected chi connectivity index (χ4v) is 3.27. The van der Waals surface area contributed by atoms with Crippen molar-refractivity contribution in [1.29, 1.82) is 0 Å². The number of carbonyl (C=O) groups excluding carboxylic acids is 3. The van der Waals surface area contributed by atoms with Gasteiger partial charge >= 0.3 is 12.2 Å². The number of amides is 4. The molecule has 0 bridgehead atoms. The first kappa shape index (κ1) is 21.4. The van der Waals surface area contributed by atoms with Gasteiger partial charge in [-0.05, 0) is 37.5 Å². The van der Waals surface area contributed by atoms with Crippen LogP contribution in [0, 0.1) is 0 Å². The van der Waals surface area contributed by atoms with E-state index in [-0.39, 0.29) is 0 Å². The zero-order valence-electron chi connectivity index (χ0n) is 16.1. The van der Waals surface area contributed by atoms with Crippen molar-refractivity contribution < 1.29 is 27.6 Å². The number of aryl methyl sites for hydroxylation is 1. The summed E-state index contributed by atoms with van der Waals surface area (Å²) in [4.78, 5) is 38.0. The molecule has 0 spiro atoms. The van der Waals surface area contributed by atoms with E-state index in [4.69, 9.17) is 0 Å². The molecule has 1 heterocycles.